The fourth-order valence-electron chi connectivity index (χ4n) is 1.34. The van der Waals surface area contributed by atoms with Crippen molar-refractivity contribution in [3.63, 3.8) is 0 Å². The van der Waals surface area contributed by atoms with Crippen molar-refractivity contribution in [3.05, 3.63) is 35.7 Å². The van der Waals surface area contributed by atoms with Gasteiger partial charge in [0.25, 0.3) is 0 Å². The van der Waals surface area contributed by atoms with E-state index in [0.29, 0.717) is 0 Å². The first-order valence-corrected chi connectivity index (χ1v) is 4.14. The summed E-state index contributed by atoms with van der Waals surface area (Å²) in [5, 5.41) is 4.22. The lowest BCUT2D eigenvalue weighted by Gasteiger charge is -1.95. The second kappa shape index (κ2) is 2.69. The number of hydrogen-bond acceptors (Lipinski definition) is 2. The predicted molar refractivity (Wildman–Crippen MR) is 49.9 cm³/mol. The molecular weight excluding hydrogens is 164 g/mol. The molecule has 0 aromatic carbocycles. The minimum atomic E-state index is 0.0846. The molecule has 2 rings (SSSR count). The van der Waals surface area contributed by atoms with Crippen molar-refractivity contribution in [2.45, 2.75) is 13.8 Å². The maximum atomic E-state index is 11.1. The van der Waals surface area contributed by atoms with E-state index < -0.39 is 0 Å². The van der Waals surface area contributed by atoms with Crippen LogP contribution in [0.5, 0.6) is 0 Å². The van der Waals surface area contributed by atoms with Crippen molar-refractivity contribution >= 4 is 11.3 Å². The maximum Gasteiger partial charge on any atom is 0.159 e. The van der Waals surface area contributed by atoms with Crippen LogP contribution in [0.3, 0.4) is 0 Å². The van der Waals surface area contributed by atoms with E-state index in [-0.39, 0.29) is 5.78 Å². The van der Waals surface area contributed by atoms with E-state index in [0.717, 1.165) is 16.8 Å². The number of carbonyl (C=O) groups excluding carboxylic acids is 1. The van der Waals surface area contributed by atoms with Gasteiger partial charge in [-0.15, -0.1) is 0 Å². The Labute approximate surface area is 76.0 Å². The van der Waals surface area contributed by atoms with E-state index in [2.05, 4.69) is 5.10 Å². The van der Waals surface area contributed by atoms with Crippen molar-refractivity contribution < 1.29 is 4.79 Å². The summed E-state index contributed by atoms with van der Waals surface area (Å²) < 4.78 is 1.77. The monoisotopic (exact) mass is 174 g/mol. The Morgan fingerprint density at radius 3 is 2.92 bits per heavy atom. The molecule has 66 valence electrons. The van der Waals surface area contributed by atoms with Crippen LogP contribution in [-0.4, -0.2) is 15.4 Å². The molecule has 3 heteroatoms. The molecule has 0 bridgehead atoms. The number of carbonyl (C=O) groups is 1. The Bertz CT molecular complexity index is 471. The quantitative estimate of drug-likeness (QED) is 0.618. The van der Waals surface area contributed by atoms with Crippen molar-refractivity contribution in [2.75, 3.05) is 0 Å². The SMILES string of the molecule is CC(=O)c1ccn2nc(C)cc2c1. The van der Waals surface area contributed by atoms with Crippen LogP contribution in [0.25, 0.3) is 5.52 Å². The van der Waals surface area contributed by atoms with Crippen molar-refractivity contribution in [1.82, 2.24) is 9.61 Å². The number of hydrogen-bond donors (Lipinski definition) is 0. The average Bonchev–Trinajstić information content (AvgIpc) is 2.42. The molecule has 13 heavy (non-hydrogen) atoms. The fraction of sp³-hybridized carbons (Fsp3) is 0.200. The van der Waals surface area contributed by atoms with Gasteiger partial charge in [0.1, 0.15) is 0 Å². The number of pyridine rings is 1. The molecule has 0 aliphatic heterocycles. The highest BCUT2D eigenvalue weighted by Crippen LogP contribution is 2.09. The third-order valence-electron chi connectivity index (χ3n) is 1.99. The average molecular weight is 174 g/mol. The van der Waals surface area contributed by atoms with Crippen molar-refractivity contribution in [1.29, 1.82) is 0 Å². The molecule has 0 atom stereocenters. The highest BCUT2D eigenvalue weighted by molar-refractivity contribution is 5.95. The minimum absolute atomic E-state index is 0.0846. The first-order valence-electron chi connectivity index (χ1n) is 4.14. The molecule has 0 aliphatic carbocycles. The normalized spacial score (nSPS) is 10.6. The molecular formula is C10H10N2O. The number of aryl methyl sites for hydroxylation is 1. The Kier molecular flexibility index (Phi) is 1.65. The smallest absolute Gasteiger partial charge is 0.159 e. The first-order chi connectivity index (χ1) is 6.16. The Morgan fingerprint density at radius 1 is 1.46 bits per heavy atom. The number of fused-ring (bicyclic) bond motifs is 1. The first kappa shape index (κ1) is 7.98. The summed E-state index contributed by atoms with van der Waals surface area (Å²) in [4.78, 5) is 11.1. The summed E-state index contributed by atoms with van der Waals surface area (Å²) in [6.45, 7) is 3.50. The highest BCUT2D eigenvalue weighted by atomic mass is 16.1. The number of aromatic nitrogens is 2. The van der Waals surface area contributed by atoms with Crippen LogP contribution >= 0.6 is 0 Å². The number of ketones is 1. The molecule has 2 heterocycles. The van der Waals surface area contributed by atoms with Gasteiger partial charge in [0.05, 0.1) is 11.2 Å². The second-order valence-electron chi connectivity index (χ2n) is 3.13. The number of rotatable bonds is 1. The lowest BCUT2D eigenvalue weighted by atomic mass is 10.2. The summed E-state index contributed by atoms with van der Waals surface area (Å²) in [7, 11) is 0. The van der Waals surface area contributed by atoms with Crippen molar-refractivity contribution in [2.24, 2.45) is 0 Å². The fourth-order valence-corrected chi connectivity index (χ4v) is 1.34. The van der Waals surface area contributed by atoms with Gasteiger partial charge in [0.15, 0.2) is 5.78 Å². The Morgan fingerprint density at radius 2 is 2.23 bits per heavy atom. The third-order valence-corrected chi connectivity index (χ3v) is 1.99. The van der Waals surface area contributed by atoms with Gasteiger partial charge in [-0.3, -0.25) is 4.79 Å². The van der Waals surface area contributed by atoms with E-state index in [1.54, 1.807) is 23.7 Å². The van der Waals surface area contributed by atoms with Crippen LogP contribution in [0, 0.1) is 6.92 Å². The lowest BCUT2D eigenvalue weighted by Crippen LogP contribution is -1.94. The standard InChI is InChI=1S/C10H10N2O/c1-7-5-10-6-9(8(2)13)3-4-12(10)11-7/h3-6H,1-2H3. The van der Waals surface area contributed by atoms with E-state index in [1.807, 2.05) is 19.1 Å². The molecule has 0 fully saturated rings. The van der Waals surface area contributed by atoms with Gasteiger partial charge in [0.2, 0.25) is 0 Å². The molecule has 2 aromatic heterocycles. The lowest BCUT2D eigenvalue weighted by molar-refractivity contribution is 0.101. The largest absolute Gasteiger partial charge is 0.295 e. The molecule has 0 amide bonds. The summed E-state index contributed by atoms with van der Waals surface area (Å²) in [5.74, 6) is 0.0846. The van der Waals surface area contributed by atoms with Crippen LogP contribution in [-0.2, 0) is 0 Å². The molecule has 0 saturated carbocycles. The van der Waals surface area contributed by atoms with Gasteiger partial charge in [-0.25, -0.2) is 4.52 Å². The van der Waals surface area contributed by atoms with Gasteiger partial charge in [-0.05, 0) is 32.0 Å². The van der Waals surface area contributed by atoms with Gasteiger partial charge in [-0.1, -0.05) is 0 Å². The number of nitrogens with zero attached hydrogens (tertiary/aromatic N) is 2. The van der Waals surface area contributed by atoms with Crippen LogP contribution in [0.1, 0.15) is 23.0 Å². The highest BCUT2D eigenvalue weighted by Gasteiger charge is 2.01. The van der Waals surface area contributed by atoms with Crippen molar-refractivity contribution in [3.8, 4) is 0 Å². The summed E-state index contributed by atoms with van der Waals surface area (Å²) in [6, 6.07) is 5.58. The van der Waals surface area contributed by atoms with Crippen LogP contribution < -0.4 is 0 Å². The van der Waals surface area contributed by atoms with Gasteiger partial charge in [0, 0.05) is 11.8 Å². The van der Waals surface area contributed by atoms with Crippen LogP contribution in [0.4, 0.5) is 0 Å². The molecule has 0 aliphatic rings. The molecule has 0 saturated heterocycles. The zero-order valence-corrected chi connectivity index (χ0v) is 7.61. The zero-order valence-electron chi connectivity index (χ0n) is 7.61. The number of Topliss-reactive ketones (excluding diaryl/α,β-unsaturated/α-hetero) is 1. The summed E-state index contributed by atoms with van der Waals surface area (Å²) >= 11 is 0. The topological polar surface area (TPSA) is 34.4 Å². The molecule has 0 spiro atoms. The van der Waals surface area contributed by atoms with E-state index in [1.165, 1.54) is 0 Å². The van der Waals surface area contributed by atoms with Gasteiger partial charge < -0.3 is 0 Å². The second-order valence-corrected chi connectivity index (χ2v) is 3.13. The van der Waals surface area contributed by atoms with Gasteiger partial charge in [-0.2, -0.15) is 5.10 Å². The Hall–Kier alpha value is -1.64. The zero-order chi connectivity index (χ0) is 9.42. The molecule has 0 N–H and O–H groups in total. The van der Waals surface area contributed by atoms with Gasteiger partial charge >= 0.3 is 0 Å². The van der Waals surface area contributed by atoms with Crippen LogP contribution in [0.2, 0.25) is 0 Å². The molecule has 0 unspecified atom stereocenters. The maximum absolute atomic E-state index is 11.1. The van der Waals surface area contributed by atoms with E-state index >= 15 is 0 Å². The summed E-state index contributed by atoms with van der Waals surface area (Å²) in [6.07, 6.45) is 1.80. The molecule has 3 nitrogen and oxygen atoms in total. The molecule has 2 aromatic rings. The van der Waals surface area contributed by atoms with Crippen LogP contribution in [0.15, 0.2) is 24.4 Å². The van der Waals surface area contributed by atoms with E-state index in [4.69, 9.17) is 0 Å². The minimum Gasteiger partial charge on any atom is -0.295 e. The third kappa shape index (κ3) is 1.33. The Balaban J connectivity index is 2.67. The molecule has 0 radical (unpaired) electrons. The predicted octanol–water partition coefficient (Wildman–Crippen LogP) is 1.85. The van der Waals surface area contributed by atoms with E-state index in [9.17, 15) is 4.79 Å². The summed E-state index contributed by atoms with van der Waals surface area (Å²) in [5.41, 5.74) is 2.65.